The maximum absolute atomic E-state index is 12.7. The van der Waals surface area contributed by atoms with E-state index in [1.54, 1.807) is 13.0 Å². The molecule has 6 nitrogen and oxygen atoms in total. The van der Waals surface area contributed by atoms with E-state index in [4.69, 9.17) is 0 Å². The van der Waals surface area contributed by atoms with Gasteiger partial charge in [-0.1, -0.05) is 0 Å². The lowest BCUT2D eigenvalue weighted by Crippen LogP contribution is -2.18. The molecular weight excluding hydrogens is 277 g/mol. The van der Waals surface area contributed by atoms with Crippen molar-refractivity contribution in [1.82, 2.24) is 15.0 Å². The predicted molar refractivity (Wildman–Crippen MR) is 64.1 cm³/mol. The number of aryl methyl sites for hydroxylation is 1. The highest BCUT2D eigenvalue weighted by Gasteiger charge is 2.35. The van der Waals surface area contributed by atoms with Gasteiger partial charge in [0.25, 0.3) is 0 Å². The minimum absolute atomic E-state index is 0.0530. The van der Waals surface area contributed by atoms with Gasteiger partial charge in [-0.05, 0) is 13.0 Å². The number of esters is 1. The molecule has 2 N–H and O–H groups in total. The van der Waals surface area contributed by atoms with E-state index in [0.717, 1.165) is 0 Å². The Balaban J connectivity index is 2.46. The molecule has 0 aliphatic rings. The number of anilines is 1. The van der Waals surface area contributed by atoms with E-state index < -0.39 is 18.0 Å². The van der Waals surface area contributed by atoms with Crippen LogP contribution < -0.4 is 5.32 Å². The molecule has 0 aliphatic heterocycles. The number of nitrogens with one attached hydrogen (secondary N) is 2. The molecule has 2 heterocycles. The summed E-state index contributed by atoms with van der Waals surface area (Å²) in [6, 6.07) is 1.59. The molecule has 108 valence electrons. The highest BCUT2D eigenvalue weighted by molar-refractivity contribution is 5.89. The van der Waals surface area contributed by atoms with Gasteiger partial charge in [0, 0.05) is 5.69 Å². The zero-order valence-corrected chi connectivity index (χ0v) is 10.6. The molecule has 20 heavy (non-hydrogen) atoms. The number of carbonyl (C=O) groups is 1. The van der Waals surface area contributed by atoms with Gasteiger partial charge in [-0.3, -0.25) is 4.79 Å². The number of rotatable bonds is 3. The first-order valence-corrected chi connectivity index (χ1v) is 5.56. The van der Waals surface area contributed by atoms with Gasteiger partial charge in [0.05, 0.1) is 12.5 Å². The zero-order valence-electron chi connectivity index (χ0n) is 10.6. The number of hydrogen-bond acceptors (Lipinski definition) is 5. The van der Waals surface area contributed by atoms with Crippen LogP contribution in [0.1, 0.15) is 11.5 Å². The van der Waals surface area contributed by atoms with E-state index in [1.807, 2.05) is 0 Å². The highest BCUT2D eigenvalue weighted by atomic mass is 19.4. The molecule has 0 fully saturated rings. The van der Waals surface area contributed by atoms with Crippen molar-refractivity contribution in [3.63, 3.8) is 0 Å². The van der Waals surface area contributed by atoms with Crippen molar-refractivity contribution in [3.05, 3.63) is 17.6 Å². The summed E-state index contributed by atoms with van der Waals surface area (Å²) in [6.07, 6.45) is -4.67. The summed E-state index contributed by atoms with van der Waals surface area (Å²) in [7, 11) is 1.18. The molecule has 0 amide bonds. The van der Waals surface area contributed by atoms with Crippen molar-refractivity contribution in [3.8, 4) is 0 Å². The molecule has 0 radical (unpaired) electrons. The molecule has 0 saturated heterocycles. The fourth-order valence-electron chi connectivity index (χ4n) is 1.63. The predicted octanol–water partition coefficient (Wildman–Crippen LogP) is 1.87. The van der Waals surface area contributed by atoms with Crippen LogP contribution in [-0.2, 0) is 15.7 Å². The van der Waals surface area contributed by atoms with Crippen molar-refractivity contribution in [2.75, 3.05) is 19.0 Å². The van der Waals surface area contributed by atoms with Crippen molar-refractivity contribution < 1.29 is 22.7 Å². The number of alkyl halides is 3. The Labute approximate surface area is 111 Å². The van der Waals surface area contributed by atoms with E-state index >= 15 is 0 Å². The SMILES string of the molecule is COC(=O)CNc1nc(C(F)(F)F)nc2[nH]c(C)cc12. The van der Waals surface area contributed by atoms with Crippen molar-refractivity contribution in [1.29, 1.82) is 0 Å². The summed E-state index contributed by atoms with van der Waals surface area (Å²) >= 11 is 0. The second-order valence-electron chi connectivity index (χ2n) is 4.04. The first kappa shape index (κ1) is 14.1. The van der Waals surface area contributed by atoms with Crippen molar-refractivity contribution in [2.45, 2.75) is 13.1 Å². The number of methoxy groups -OCH3 is 1. The number of hydrogen-bond donors (Lipinski definition) is 2. The minimum Gasteiger partial charge on any atom is -0.468 e. The Morgan fingerprint density at radius 1 is 1.45 bits per heavy atom. The average Bonchev–Trinajstić information content (AvgIpc) is 2.74. The lowest BCUT2D eigenvalue weighted by Gasteiger charge is -2.09. The Kier molecular flexibility index (Phi) is 3.51. The molecule has 0 atom stereocenters. The number of aromatic amines is 1. The Morgan fingerprint density at radius 2 is 2.15 bits per heavy atom. The molecule has 0 bridgehead atoms. The number of halogens is 3. The second-order valence-corrected chi connectivity index (χ2v) is 4.04. The van der Waals surface area contributed by atoms with Gasteiger partial charge in [0.2, 0.25) is 5.82 Å². The maximum Gasteiger partial charge on any atom is 0.451 e. The number of aromatic nitrogens is 3. The van der Waals surface area contributed by atoms with E-state index in [1.165, 1.54) is 7.11 Å². The second kappa shape index (κ2) is 4.99. The van der Waals surface area contributed by atoms with Crippen LogP contribution in [0.4, 0.5) is 19.0 Å². The smallest absolute Gasteiger partial charge is 0.451 e. The molecule has 2 aromatic rings. The van der Waals surface area contributed by atoms with Crippen LogP contribution in [0.25, 0.3) is 11.0 Å². The van der Waals surface area contributed by atoms with Crippen LogP contribution >= 0.6 is 0 Å². The molecule has 2 aromatic heterocycles. The van der Waals surface area contributed by atoms with Gasteiger partial charge in [-0.25, -0.2) is 9.97 Å². The Hall–Kier alpha value is -2.32. The third-order valence-electron chi connectivity index (χ3n) is 2.50. The molecular formula is C11H11F3N4O2. The maximum atomic E-state index is 12.7. The third kappa shape index (κ3) is 2.81. The molecule has 2 rings (SSSR count). The summed E-state index contributed by atoms with van der Waals surface area (Å²) in [6.45, 7) is 1.39. The highest BCUT2D eigenvalue weighted by Crippen LogP contribution is 2.30. The molecule has 0 aromatic carbocycles. The van der Waals surface area contributed by atoms with Gasteiger partial charge in [-0.2, -0.15) is 13.2 Å². The molecule has 0 unspecified atom stereocenters. The van der Waals surface area contributed by atoms with Gasteiger partial charge < -0.3 is 15.0 Å². The number of fused-ring (bicyclic) bond motifs is 1. The lowest BCUT2D eigenvalue weighted by molar-refractivity contribution is -0.144. The summed E-state index contributed by atoms with van der Waals surface area (Å²) in [5, 5.41) is 2.89. The third-order valence-corrected chi connectivity index (χ3v) is 2.50. The zero-order chi connectivity index (χ0) is 14.9. The van der Waals surface area contributed by atoms with E-state index in [9.17, 15) is 18.0 Å². The van der Waals surface area contributed by atoms with Gasteiger partial charge in [0.1, 0.15) is 18.0 Å². The number of carbonyl (C=O) groups excluding carboxylic acids is 1. The van der Waals surface area contributed by atoms with Crippen LogP contribution in [0, 0.1) is 6.92 Å². The van der Waals surface area contributed by atoms with Gasteiger partial charge >= 0.3 is 12.1 Å². The first-order valence-electron chi connectivity index (χ1n) is 5.56. The van der Waals surface area contributed by atoms with Crippen molar-refractivity contribution >= 4 is 22.8 Å². The molecule has 9 heteroatoms. The number of nitrogens with zero attached hydrogens (tertiary/aromatic N) is 2. The van der Waals surface area contributed by atoms with Crippen LogP contribution in [0.3, 0.4) is 0 Å². The summed E-state index contributed by atoms with van der Waals surface area (Å²) in [5.74, 6) is -1.96. The van der Waals surface area contributed by atoms with Crippen LogP contribution in [0.15, 0.2) is 6.07 Å². The largest absolute Gasteiger partial charge is 0.468 e. The molecule has 0 saturated carbocycles. The van der Waals surface area contributed by atoms with Crippen molar-refractivity contribution in [2.24, 2.45) is 0 Å². The summed E-state index contributed by atoms with van der Waals surface area (Å²) < 4.78 is 42.5. The fourth-order valence-corrected chi connectivity index (χ4v) is 1.63. The Bertz CT molecular complexity index is 651. The number of H-pyrrole nitrogens is 1. The molecule has 0 spiro atoms. The normalized spacial score (nSPS) is 11.7. The minimum atomic E-state index is -4.67. The van der Waals surface area contributed by atoms with E-state index in [0.29, 0.717) is 11.1 Å². The Morgan fingerprint density at radius 3 is 2.75 bits per heavy atom. The van der Waals surface area contributed by atoms with E-state index in [2.05, 4.69) is 25.0 Å². The van der Waals surface area contributed by atoms with Crippen LogP contribution in [0.2, 0.25) is 0 Å². The summed E-state index contributed by atoms with van der Waals surface area (Å²) in [5.41, 5.74) is 0.687. The first-order chi connectivity index (χ1) is 9.31. The van der Waals surface area contributed by atoms with E-state index in [-0.39, 0.29) is 18.0 Å². The quantitative estimate of drug-likeness (QED) is 0.843. The lowest BCUT2D eigenvalue weighted by atomic mass is 10.3. The van der Waals surface area contributed by atoms with Crippen LogP contribution in [-0.4, -0.2) is 34.6 Å². The fraction of sp³-hybridized carbons (Fsp3) is 0.364. The monoisotopic (exact) mass is 288 g/mol. The van der Waals surface area contributed by atoms with Crippen LogP contribution in [0.5, 0.6) is 0 Å². The average molecular weight is 288 g/mol. The van der Waals surface area contributed by atoms with Gasteiger partial charge in [0.15, 0.2) is 0 Å². The number of ether oxygens (including phenoxy) is 1. The molecule has 0 aliphatic carbocycles. The topological polar surface area (TPSA) is 79.9 Å². The van der Waals surface area contributed by atoms with Gasteiger partial charge in [-0.15, -0.1) is 0 Å². The summed E-state index contributed by atoms with van der Waals surface area (Å²) in [4.78, 5) is 20.6. The standard InChI is InChI=1S/C11H11F3N4O2/c1-5-3-6-8(15-4-7(19)20-2)17-10(11(12,13)14)18-9(6)16-5/h3H,4H2,1-2H3,(H2,15,16,17,18).